The van der Waals surface area contributed by atoms with Crippen LogP contribution in [0, 0.1) is 5.92 Å². The highest BCUT2D eigenvalue weighted by Gasteiger charge is 2.53. The molecule has 4 aliphatic rings. The van der Waals surface area contributed by atoms with Gasteiger partial charge in [0.25, 0.3) is 0 Å². The summed E-state index contributed by atoms with van der Waals surface area (Å²) >= 11 is 0. The van der Waals surface area contributed by atoms with E-state index in [0.717, 1.165) is 19.3 Å². The Morgan fingerprint density at radius 3 is 2.07 bits per heavy atom. The van der Waals surface area contributed by atoms with Crippen molar-refractivity contribution in [3.63, 3.8) is 0 Å². The molecule has 42 heavy (non-hydrogen) atoms. The minimum atomic E-state index is -1.47. The van der Waals surface area contributed by atoms with Crippen LogP contribution in [0.25, 0.3) is 0 Å². The lowest BCUT2D eigenvalue weighted by Gasteiger charge is -2.46. The molecular formula is C26H52N6O10. The van der Waals surface area contributed by atoms with E-state index in [-0.39, 0.29) is 30.8 Å². The van der Waals surface area contributed by atoms with Gasteiger partial charge < -0.3 is 83.6 Å². The first kappa shape index (κ1) is 34.2. The van der Waals surface area contributed by atoms with Gasteiger partial charge in [0, 0.05) is 36.6 Å². The Labute approximate surface area is 245 Å². The average Bonchev–Trinajstić information content (AvgIpc) is 3.27. The number of rotatable bonds is 10. The summed E-state index contributed by atoms with van der Waals surface area (Å²) < 4.78 is 29.8. The highest BCUT2D eigenvalue weighted by molar-refractivity contribution is 5.01. The fraction of sp³-hybridized carbons (Fsp3) is 1.00. The van der Waals surface area contributed by atoms with Crippen LogP contribution in [0.1, 0.15) is 39.0 Å². The Morgan fingerprint density at radius 2 is 1.43 bits per heavy atom. The Hall–Kier alpha value is -0.640. The van der Waals surface area contributed by atoms with Crippen LogP contribution in [0.4, 0.5) is 0 Å². The van der Waals surface area contributed by atoms with Gasteiger partial charge in [-0.25, -0.2) is 0 Å². The normalized spacial score (nSPS) is 51.0. The van der Waals surface area contributed by atoms with Crippen molar-refractivity contribution in [2.45, 2.75) is 143 Å². The van der Waals surface area contributed by atoms with Crippen LogP contribution in [0.5, 0.6) is 0 Å². The molecule has 0 radical (unpaired) electrons. The lowest BCUT2D eigenvalue weighted by atomic mass is 9.74. The van der Waals surface area contributed by atoms with Gasteiger partial charge in [-0.3, -0.25) is 0 Å². The first-order valence-corrected chi connectivity index (χ1v) is 15.0. The summed E-state index contributed by atoms with van der Waals surface area (Å²) in [6.07, 6.45) is -9.82. The van der Waals surface area contributed by atoms with Crippen molar-refractivity contribution in [1.82, 2.24) is 0 Å². The fourth-order valence-corrected chi connectivity index (χ4v) is 6.58. The largest absolute Gasteiger partial charge is 0.394 e. The summed E-state index contributed by atoms with van der Waals surface area (Å²) in [6, 6.07) is -2.75. The first-order valence-electron chi connectivity index (χ1n) is 15.0. The predicted octanol–water partition coefficient (Wildman–Crippen LogP) is -5.39. The molecule has 0 bridgehead atoms. The minimum Gasteiger partial charge on any atom is -0.394 e. The van der Waals surface area contributed by atoms with Gasteiger partial charge in [0.05, 0.1) is 37.1 Å². The third-order valence-corrected chi connectivity index (χ3v) is 9.39. The van der Waals surface area contributed by atoms with Crippen molar-refractivity contribution in [2.75, 3.05) is 13.2 Å². The second-order valence-electron chi connectivity index (χ2n) is 12.2. The number of aliphatic hydroxyl groups excluding tert-OH is 5. The molecule has 3 aliphatic heterocycles. The summed E-state index contributed by atoms with van der Waals surface area (Å²) in [4.78, 5) is 0. The van der Waals surface area contributed by atoms with Crippen LogP contribution in [-0.4, -0.2) is 143 Å². The highest BCUT2D eigenvalue weighted by atomic mass is 16.7. The highest BCUT2D eigenvalue weighted by Crippen LogP contribution is 2.37. The van der Waals surface area contributed by atoms with Gasteiger partial charge in [-0.15, -0.1) is 0 Å². The molecule has 0 amide bonds. The van der Waals surface area contributed by atoms with Crippen LogP contribution in [0.15, 0.2) is 0 Å². The number of ether oxygens (including phenoxy) is 5. The second kappa shape index (κ2) is 14.6. The van der Waals surface area contributed by atoms with Gasteiger partial charge in [-0.2, -0.15) is 0 Å². The maximum atomic E-state index is 11.2. The van der Waals surface area contributed by atoms with E-state index in [0.29, 0.717) is 12.8 Å². The Bertz CT molecular complexity index is 851. The Morgan fingerprint density at radius 1 is 0.762 bits per heavy atom. The van der Waals surface area contributed by atoms with Crippen LogP contribution in [0.2, 0.25) is 0 Å². The number of nitrogens with two attached hydrogens (primary N) is 6. The molecule has 0 aromatic heterocycles. The van der Waals surface area contributed by atoms with E-state index in [2.05, 4.69) is 0 Å². The minimum absolute atomic E-state index is 0.120. The van der Waals surface area contributed by atoms with E-state index in [9.17, 15) is 25.5 Å². The van der Waals surface area contributed by atoms with Crippen LogP contribution in [0.3, 0.4) is 0 Å². The monoisotopic (exact) mass is 608 g/mol. The van der Waals surface area contributed by atoms with Gasteiger partial charge in [-0.1, -0.05) is 6.92 Å². The Kier molecular flexibility index (Phi) is 11.9. The molecule has 1 aliphatic carbocycles. The topological polar surface area (TPSA) is 303 Å². The van der Waals surface area contributed by atoms with E-state index in [4.69, 9.17) is 58.1 Å². The summed E-state index contributed by atoms with van der Waals surface area (Å²) in [7, 11) is 0. The maximum absolute atomic E-state index is 11.2. The fourth-order valence-electron chi connectivity index (χ4n) is 6.58. The quantitative estimate of drug-likeness (QED) is 0.110. The number of hydrogen-bond donors (Lipinski definition) is 11. The van der Waals surface area contributed by atoms with Gasteiger partial charge in [-0.05, 0) is 32.1 Å². The summed E-state index contributed by atoms with van der Waals surface area (Å²) in [5.41, 5.74) is 37.1. The summed E-state index contributed by atoms with van der Waals surface area (Å²) in [6.45, 7) is 1.31. The SMILES string of the molecule is CC[C@H](N)[C@@H]1CC[C@@H](N)[C@@H](C[C@H]2[C@H](O[C@@H]3O[C@H](CO)[C@@H](O[C@H]4O[C@@H](CN)[C@@H](O)[C@H](O)[C@H]4N)[C@H]3O)[C@@H](O)[C@H](N)C[C@@H]2N)O1. The molecular weight excluding hydrogens is 556 g/mol. The van der Waals surface area contributed by atoms with Crippen molar-refractivity contribution in [3.8, 4) is 0 Å². The van der Waals surface area contributed by atoms with Crippen molar-refractivity contribution in [1.29, 1.82) is 0 Å². The molecule has 0 aromatic rings. The number of aliphatic hydroxyl groups is 5. The van der Waals surface area contributed by atoms with Crippen LogP contribution < -0.4 is 34.4 Å². The lowest BCUT2D eigenvalue weighted by Crippen LogP contribution is -2.64. The predicted molar refractivity (Wildman–Crippen MR) is 148 cm³/mol. The molecule has 246 valence electrons. The Balaban J connectivity index is 1.48. The molecule has 17 N–H and O–H groups in total. The van der Waals surface area contributed by atoms with Gasteiger partial charge in [0.15, 0.2) is 12.6 Å². The van der Waals surface area contributed by atoms with Crippen molar-refractivity contribution in [3.05, 3.63) is 0 Å². The molecule has 16 heteroatoms. The third kappa shape index (κ3) is 7.09. The van der Waals surface area contributed by atoms with E-state index in [1.807, 2.05) is 6.92 Å². The zero-order valence-electron chi connectivity index (χ0n) is 24.1. The molecule has 3 saturated heterocycles. The van der Waals surface area contributed by atoms with Gasteiger partial charge in [0.2, 0.25) is 0 Å². The van der Waals surface area contributed by atoms with Crippen LogP contribution >= 0.6 is 0 Å². The smallest absolute Gasteiger partial charge is 0.187 e. The molecule has 1 saturated carbocycles. The molecule has 0 aromatic carbocycles. The van der Waals surface area contributed by atoms with Gasteiger partial charge >= 0.3 is 0 Å². The maximum Gasteiger partial charge on any atom is 0.187 e. The molecule has 16 nitrogen and oxygen atoms in total. The molecule has 3 heterocycles. The zero-order chi connectivity index (χ0) is 30.9. The van der Waals surface area contributed by atoms with Crippen molar-refractivity contribution >= 4 is 0 Å². The van der Waals surface area contributed by atoms with E-state index in [1.165, 1.54) is 0 Å². The lowest BCUT2D eigenvalue weighted by molar-refractivity contribution is -0.280. The number of hydrogen-bond acceptors (Lipinski definition) is 16. The summed E-state index contributed by atoms with van der Waals surface area (Å²) in [5.74, 6) is -0.465. The first-order chi connectivity index (χ1) is 19.9. The molecule has 0 unspecified atom stereocenters. The summed E-state index contributed by atoms with van der Waals surface area (Å²) in [5, 5.41) is 52.8. The second-order valence-corrected chi connectivity index (χ2v) is 12.2. The third-order valence-electron chi connectivity index (χ3n) is 9.39. The van der Waals surface area contributed by atoms with Crippen molar-refractivity contribution in [2.24, 2.45) is 40.3 Å². The van der Waals surface area contributed by atoms with Crippen LogP contribution in [-0.2, 0) is 23.7 Å². The zero-order valence-corrected chi connectivity index (χ0v) is 24.1. The molecule has 18 atom stereocenters. The average molecular weight is 609 g/mol. The molecule has 4 rings (SSSR count). The standard InChI is InChI=1S/C26H52N6O10/c1-2-10(28)14-4-3-11(29)15(38-14)5-9-12(30)6-13(31)19(34)23(9)41-26-22(37)24(17(8-33)40-26)42-25-18(32)21(36)20(35)16(7-27)39-25/h9-26,33-37H,2-8,27-32H2,1H3/t9-,10+,11-,12+,13-,14+,15-,16+,17-,18-,19+,20-,21-,22-,23+,24-,25-,26+/m1/s1. The van der Waals surface area contributed by atoms with E-state index in [1.54, 1.807) is 0 Å². The van der Waals surface area contributed by atoms with E-state index >= 15 is 0 Å². The molecule has 4 fully saturated rings. The van der Waals surface area contributed by atoms with E-state index < -0.39 is 92.1 Å². The van der Waals surface area contributed by atoms with Gasteiger partial charge in [0.1, 0.15) is 36.6 Å². The van der Waals surface area contributed by atoms with Crippen molar-refractivity contribution < 1.29 is 49.2 Å². The molecule has 0 spiro atoms.